The summed E-state index contributed by atoms with van der Waals surface area (Å²) in [7, 11) is 0. The minimum absolute atomic E-state index is 0.0384. The fourth-order valence-corrected chi connectivity index (χ4v) is 6.06. The van der Waals surface area contributed by atoms with Gasteiger partial charge in [0.2, 0.25) is 0 Å². The van der Waals surface area contributed by atoms with Gasteiger partial charge in [-0.3, -0.25) is 20.1 Å². The summed E-state index contributed by atoms with van der Waals surface area (Å²) in [6, 6.07) is 16.8. The fourth-order valence-electron chi connectivity index (χ4n) is 6.06. The zero-order chi connectivity index (χ0) is 27.2. The van der Waals surface area contributed by atoms with Gasteiger partial charge in [0.15, 0.2) is 5.82 Å². The lowest BCUT2D eigenvalue weighted by molar-refractivity contribution is 0.107. The molecule has 4 aromatic rings. The summed E-state index contributed by atoms with van der Waals surface area (Å²) in [6.07, 6.45) is 11.6. The van der Waals surface area contributed by atoms with Crippen molar-refractivity contribution in [1.82, 2.24) is 35.8 Å². The van der Waals surface area contributed by atoms with Gasteiger partial charge in [0.05, 0.1) is 17.7 Å². The molecule has 3 saturated heterocycles. The minimum atomic E-state index is -0.536. The highest BCUT2D eigenvalue weighted by Gasteiger charge is 2.49. The number of anilines is 2. The molecule has 4 aromatic heterocycles. The van der Waals surface area contributed by atoms with Gasteiger partial charge < -0.3 is 20.9 Å². The molecule has 2 bridgehead atoms. The van der Waals surface area contributed by atoms with Crippen molar-refractivity contribution >= 4 is 18.0 Å². The third-order valence-electron chi connectivity index (χ3n) is 7.98. The van der Waals surface area contributed by atoms with Crippen LogP contribution in [0.3, 0.4) is 0 Å². The monoisotopic (exact) mass is 532 g/mol. The summed E-state index contributed by atoms with van der Waals surface area (Å²) >= 11 is 0. The first-order valence-electron chi connectivity index (χ1n) is 13.6. The molecule has 0 radical (unpaired) electrons. The molecular weight excluding hydrogens is 500 g/mol. The van der Waals surface area contributed by atoms with Crippen LogP contribution in [0.4, 0.5) is 11.6 Å². The van der Waals surface area contributed by atoms with E-state index in [1.807, 2.05) is 43.6 Å². The second-order valence-corrected chi connectivity index (χ2v) is 11.2. The maximum absolute atomic E-state index is 4.89. The van der Waals surface area contributed by atoms with Crippen molar-refractivity contribution in [2.24, 2.45) is 4.99 Å². The Labute approximate surface area is 233 Å². The molecule has 202 valence electrons. The lowest BCUT2D eigenvalue weighted by Crippen LogP contribution is -2.76. The number of piperidine rings is 1. The molecular formula is C30H32N10. The minimum Gasteiger partial charge on any atom is -0.353 e. The van der Waals surface area contributed by atoms with E-state index in [4.69, 9.17) is 9.98 Å². The lowest BCUT2D eigenvalue weighted by atomic mass is 9.73. The van der Waals surface area contributed by atoms with Crippen molar-refractivity contribution in [1.29, 1.82) is 0 Å². The molecule has 10 nitrogen and oxygen atoms in total. The summed E-state index contributed by atoms with van der Waals surface area (Å²) < 4.78 is 0. The lowest BCUT2D eigenvalue weighted by Gasteiger charge is -2.58. The van der Waals surface area contributed by atoms with Gasteiger partial charge in [0.25, 0.3) is 0 Å². The molecule has 4 aliphatic rings. The molecule has 3 fully saturated rings. The predicted octanol–water partition coefficient (Wildman–Crippen LogP) is 3.53. The van der Waals surface area contributed by atoms with Crippen LogP contribution in [0.2, 0.25) is 0 Å². The maximum atomic E-state index is 4.89. The molecule has 3 unspecified atom stereocenters. The number of aromatic amines is 1. The normalized spacial score (nSPS) is 25.1. The predicted molar refractivity (Wildman–Crippen MR) is 156 cm³/mol. The Balaban J connectivity index is 1.03. The van der Waals surface area contributed by atoms with Crippen molar-refractivity contribution in [3.05, 3.63) is 95.8 Å². The number of piperazine rings is 1. The topological polar surface area (TPSA) is 119 Å². The van der Waals surface area contributed by atoms with Crippen molar-refractivity contribution in [3.8, 4) is 11.4 Å². The fraction of sp³-hybridized carbons (Fsp3) is 0.300. The van der Waals surface area contributed by atoms with Gasteiger partial charge >= 0.3 is 0 Å². The molecule has 10 heteroatoms. The molecule has 3 atom stereocenters. The molecule has 4 aliphatic heterocycles. The van der Waals surface area contributed by atoms with Crippen molar-refractivity contribution in [3.63, 3.8) is 0 Å². The molecule has 40 heavy (non-hydrogen) atoms. The van der Waals surface area contributed by atoms with Gasteiger partial charge in [-0.1, -0.05) is 18.2 Å². The number of H-pyrrole nitrogens is 1. The molecule has 8 heterocycles. The Morgan fingerprint density at radius 3 is 2.67 bits per heavy atom. The van der Waals surface area contributed by atoms with E-state index in [1.165, 1.54) is 12.0 Å². The maximum Gasteiger partial charge on any atom is 0.153 e. The summed E-state index contributed by atoms with van der Waals surface area (Å²) in [5.41, 5.74) is 4.55. The van der Waals surface area contributed by atoms with Gasteiger partial charge in [-0.2, -0.15) is 5.10 Å². The standard InChI is InChI=1S/C30H32N10/c1-20-11-26(39-38-20)36-27-14-29(2,35-19-34-27)22-7-9-28(33-16-22)40-17-23-13-30(18-40,37-23)12-21-6-8-25(32-15-21)24-5-3-4-10-31-24/h3-11,14-16,19,23,37H,12-13,17-18H2,1-2H3,(H,34,35)(H2,36,38,39). The number of hydrogen-bond donors (Lipinski definition) is 4. The highest BCUT2D eigenvalue weighted by Crippen LogP contribution is 2.37. The van der Waals surface area contributed by atoms with Crippen LogP contribution in [0.5, 0.6) is 0 Å². The number of aliphatic imine (C=N–C) groups is 1. The third kappa shape index (κ3) is 4.71. The molecule has 0 spiro atoms. The van der Waals surface area contributed by atoms with E-state index in [-0.39, 0.29) is 5.54 Å². The smallest absolute Gasteiger partial charge is 0.153 e. The Morgan fingerprint density at radius 1 is 1.05 bits per heavy atom. The highest BCUT2D eigenvalue weighted by molar-refractivity contribution is 5.64. The SMILES string of the molecule is Cc1cc(NC2=CC(C)(c3ccc(N4CC5CC(Cc6ccc(-c7ccccn7)nc6)(C4)N5)nc3)N=CN2)n[nH]1. The van der Waals surface area contributed by atoms with Crippen molar-refractivity contribution < 1.29 is 0 Å². The summed E-state index contributed by atoms with van der Waals surface area (Å²) in [4.78, 5) is 21.1. The number of nitrogens with zero attached hydrogens (tertiary/aromatic N) is 6. The average Bonchev–Trinajstić information content (AvgIpc) is 3.38. The molecule has 0 aliphatic carbocycles. The van der Waals surface area contributed by atoms with E-state index in [0.29, 0.717) is 6.04 Å². The van der Waals surface area contributed by atoms with Gasteiger partial charge in [0, 0.05) is 60.6 Å². The first-order chi connectivity index (χ1) is 19.5. The van der Waals surface area contributed by atoms with E-state index in [0.717, 1.165) is 59.6 Å². The van der Waals surface area contributed by atoms with E-state index >= 15 is 0 Å². The Morgan fingerprint density at radius 2 is 1.95 bits per heavy atom. The van der Waals surface area contributed by atoms with E-state index in [1.54, 1.807) is 12.5 Å². The Kier molecular flexibility index (Phi) is 5.85. The van der Waals surface area contributed by atoms with Crippen LogP contribution in [0.15, 0.2) is 84.0 Å². The number of rotatable bonds is 7. The van der Waals surface area contributed by atoms with Crippen LogP contribution >= 0.6 is 0 Å². The number of hydrogen-bond acceptors (Lipinski definition) is 9. The van der Waals surface area contributed by atoms with Gasteiger partial charge in [-0.05, 0) is 62.6 Å². The van der Waals surface area contributed by atoms with Gasteiger partial charge in [-0.25, -0.2) is 4.98 Å². The van der Waals surface area contributed by atoms with Crippen LogP contribution in [0, 0.1) is 6.92 Å². The molecule has 4 N–H and O–H groups in total. The molecule has 0 amide bonds. The van der Waals surface area contributed by atoms with Gasteiger partial charge in [0.1, 0.15) is 17.2 Å². The largest absolute Gasteiger partial charge is 0.353 e. The molecule has 0 saturated carbocycles. The van der Waals surface area contributed by atoms with Crippen LogP contribution in [-0.4, -0.2) is 56.2 Å². The van der Waals surface area contributed by atoms with Crippen molar-refractivity contribution in [2.75, 3.05) is 23.3 Å². The molecule has 0 aromatic carbocycles. The van der Waals surface area contributed by atoms with Gasteiger partial charge in [-0.15, -0.1) is 0 Å². The number of nitrogens with one attached hydrogen (secondary N) is 4. The Hall–Kier alpha value is -4.57. The number of aryl methyl sites for hydroxylation is 1. The van der Waals surface area contributed by atoms with Crippen LogP contribution in [-0.2, 0) is 12.0 Å². The number of fused-ring (bicyclic) bond motifs is 2. The summed E-state index contributed by atoms with van der Waals surface area (Å²) in [6.45, 7) is 5.93. The highest BCUT2D eigenvalue weighted by atomic mass is 15.3. The van der Waals surface area contributed by atoms with Crippen LogP contribution in [0.1, 0.15) is 30.2 Å². The van der Waals surface area contributed by atoms with Crippen LogP contribution < -0.4 is 20.9 Å². The Bertz CT molecular complexity index is 1550. The zero-order valence-corrected chi connectivity index (χ0v) is 22.6. The van der Waals surface area contributed by atoms with Crippen LogP contribution in [0.25, 0.3) is 11.4 Å². The van der Waals surface area contributed by atoms with E-state index in [9.17, 15) is 0 Å². The first kappa shape index (κ1) is 24.5. The average molecular weight is 533 g/mol. The van der Waals surface area contributed by atoms with E-state index < -0.39 is 5.54 Å². The second kappa shape index (κ2) is 9.56. The summed E-state index contributed by atoms with van der Waals surface area (Å²) in [5.74, 6) is 2.59. The quantitative estimate of drug-likeness (QED) is 0.286. The van der Waals surface area contributed by atoms with Crippen molar-refractivity contribution in [2.45, 2.75) is 43.8 Å². The molecule has 8 rings (SSSR count). The zero-order valence-electron chi connectivity index (χ0n) is 22.6. The number of aromatic nitrogens is 5. The first-order valence-corrected chi connectivity index (χ1v) is 13.6. The second-order valence-electron chi connectivity index (χ2n) is 11.2. The number of pyridine rings is 3. The summed E-state index contributed by atoms with van der Waals surface area (Å²) in [5, 5.41) is 17.5. The third-order valence-corrected chi connectivity index (χ3v) is 7.98. The van der Waals surface area contributed by atoms with E-state index in [2.05, 4.69) is 78.3 Å².